The van der Waals surface area contributed by atoms with Crippen LogP contribution in [0.4, 0.5) is 0 Å². The van der Waals surface area contributed by atoms with Crippen LogP contribution < -0.4 is 0 Å². The molecule has 0 atom stereocenters. The van der Waals surface area contributed by atoms with E-state index in [1.54, 1.807) is 13.8 Å². The smallest absolute Gasteiger partial charge is 0.327 e. The molecule has 0 bridgehead atoms. The Morgan fingerprint density at radius 2 is 1.04 bits per heavy atom. The topological polar surface area (TPSA) is 82.1 Å². The molecule has 0 rings (SSSR count). The zero-order chi connectivity index (χ0) is 20.4. The molecule has 0 fully saturated rings. The number of unbranched alkanes of at least 4 members (excludes halogenated alkanes) is 12. The fourth-order valence-corrected chi connectivity index (χ4v) is 3.74. The van der Waals surface area contributed by atoms with Crippen LogP contribution in [0.15, 0.2) is 0 Å². The van der Waals surface area contributed by atoms with Crippen molar-refractivity contribution < 1.29 is 26.6 Å². The first-order valence-electron chi connectivity index (χ1n) is 10.8. The molecule has 0 spiro atoms. The van der Waals surface area contributed by atoms with E-state index in [1.807, 2.05) is 0 Å². The van der Waals surface area contributed by atoms with E-state index in [4.69, 9.17) is 18.2 Å². The van der Waals surface area contributed by atoms with Crippen molar-refractivity contribution in [3.8, 4) is 0 Å². The number of ether oxygens (including phenoxy) is 2. The average Bonchev–Trinajstić information content (AvgIpc) is 2.58. The molecular weight excluding hydrogens is 368 g/mol. The quantitative estimate of drug-likeness (QED) is 0.150. The van der Waals surface area contributed by atoms with Crippen molar-refractivity contribution in [2.24, 2.45) is 0 Å². The Bertz CT molecular complexity index is 418. The summed E-state index contributed by atoms with van der Waals surface area (Å²) in [7, 11) is -4.64. The first-order valence-corrected chi connectivity index (χ1v) is 12.2. The SMILES string of the molecule is CCCCCCCCCCCCCCCC(OCC)(OCC)OS(=O)(=O)O. The summed E-state index contributed by atoms with van der Waals surface area (Å²) in [4.78, 5) is 0. The van der Waals surface area contributed by atoms with Crippen molar-refractivity contribution in [2.75, 3.05) is 13.2 Å². The minimum Gasteiger partial charge on any atom is -0.327 e. The van der Waals surface area contributed by atoms with Crippen LogP contribution >= 0.6 is 0 Å². The van der Waals surface area contributed by atoms with Crippen LogP contribution in [0, 0.1) is 0 Å². The third kappa shape index (κ3) is 16.4. The van der Waals surface area contributed by atoms with Crippen LogP contribution in [0.1, 0.15) is 111 Å². The predicted octanol–water partition coefficient (Wildman–Crippen LogP) is 6.01. The first kappa shape index (κ1) is 26.8. The highest BCUT2D eigenvalue weighted by atomic mass is 32.3. The molecule has 164 valence electrons. The van der Waals surface area contributed by atoms with Gasteiger partial charge < -0.3 is 9.47 Å². The molecule has 0 aromatic carbocycles. The van der Waals surface area contributed by atoms with E-state index < -0.39 is 16.4 Å². The van der Waals surface area contributed by atoms with E-state index in [0.717, 1.165) is 12.8 Å². The van der Waals surface area contributed by atoms with Gasteiger partial charge in [-0.2, -0.15) is 12.6 Å². The molecule has 0 radical (unpaired) electrons. The van der Waals surface area contributed by atoms with Gasteiger partial charge in [0.1, 0.15) is 0 Å². The monoisotopic (exact) mass is 410 g/mol. The lowest BCUT2D eigenvalue weighted by Gasteiger charge is -2.30. The maximum absolute atomic E-state index is 11.1. The Labute approximate surface area is 167 Å². The summed E-state index contributed by atoms with van der Waals surface area (Å²) >= 11 is 0. The van der Waals surface area contributed by atoms with Crippen molar-refractivity contribution in [1.82, 2.24) is 0 Å². The van der Waals surface area contributed by atoms with Gasteiger partial charge >= 0.3 is 16.4 Å². The zero-order valence-electron chi connectivity index (χ0n) is 17.7. The summed E-state index contributed by atoms with van der Waals surface area (Å²) in [5.41, 5.74) is 0. The molecule has 0 aromatic heterocycles. The molecule has 0 aliphatic carbocycles. The maximum Gasteiger partial charge on any atom is 0.401 e. The number of hydrogen-bond donors (Lipinski definition) is 1. The average molecular weight is 411 g/mol. The van der Waals surface area contributed by atoms with E-state index in [2.05, 4.69) is 6.92 Å². The maximum atomic E-state index is 11.1. The van der Waals surface area contributed by atoms with Gasteiger partial charge in [-0.1, -0.05) is 84.0 Å². The van der Waals surface area contributed by atoms with Gasteiger partial charge in [0.2, 0.25) is 0 Å². The Kier molecular flexibility index (Phi) is 16.6. The summed E-state index contributed by atoms with van der Waals surface area (Å²) in [6, 6.07) is 0. The van der Waals surface area contributed by atoms with E-state index in [0.29, 0.717) is 6.42 Å². The summed E-state index contributed by atoms with van der Waals surface area (Å²) in [6.45, 7) is 6.16. The Hall–Kier alpha value is -0.210. The number of hydrogen-bond acceptors (Lipinski definition) is 5. The van der Waals surface area contributed by atoms with Crippen LogP contribution in [0.2, 0.25) is 0 Å². The molecule has 6 nitrogen and oxygen atoms in total. The van der Waals surface area contributed by atoms with Gasteiger partial charge in [0, 0.05) is 19.6 Å². The fraction of sp³-hybridized carbons (Fsp3) is 1.00. The standard InChI is InChI=1S/C20H42O6S/c1-4-7-8-9-10-11-12-13-14-15-16-17-18-19-20(24-5-2,25-6-3)26-27(21,22)23/h4-19H2,1-3H3,(H,21,22,23). The molecule has 0 aliphatic rings. The van der Waals surface area contributed by atoms with Gasteiger partial charge in [0.15, 0.2) is 0 Å². The van der Waals surface area contributed by atoms with Crippen molar-refractivity contribution in [2.45, 2.75) is 117 Å². The molecule has 0 unspecified atom stereocenters. The van der Waals surface area contributed by atoms with Gasteiger partial charge in [0.05, 0.1) is 0 Å². The van der Waals surface area contributed by atoms with Crippen molar-refractivity contribution in [3.63, 3.8) is 0 Å². The largest absolute Gasteiger partial charge is 0.401 e. The highest BCUT2D eigenvalue weighted by molar-refractivity contribution is 7.80. The van der Waals surface area contributed by atoms with E-state index in [1.165, 1.54) is 64.2 Å². The van der Waals surface area contributed by atoms with Crippen LogP contribution in [-0.2, 0) is 24.1 Å². The second-order valence-corrected chi connectivity index (χ2v) is 8.07. The van der Waals surface area contributed by atoms with Crippen LogP contribution in [-0.4, -0.2) is 32.2 Å². The van der Waals surface area contributed by atoms with Gasteiger partial charge in [-0.25, -0.2) is 0 Å². The van der Waals surface area contributed by atoms with Crippen LogP contribution in [0.5, 0.6) is 0 Å². The third-order valence-electron chi connectivity index (χ3n) is 4.55. The summed E-state index contributed by atoms with van der Waals surface area (Å²) in [5, 5.41) is 0. The second kappa shape index (κ2) is 16.7. The lowest BCUT2D eigenvalue weighted by Crippen LogP contribution is -2.41. The Balaban J connectivity index is 3.85. The minimum atomic E-state index is -4.64. The van der Waals surface area contributed by atoms with Crippen LogP contribution in [0.25, 0.3) is 0 Å². The molecule has 1 N–H and O–H groups in total. The summed E-state index contributed by atoms with van der Waals surface area (Å²) in [6.07, 6.45) is 16.2. The van der Waals surface area contributed by atoms with E-state index in [9.17, 15) is 8.42 Å². The van der Waals surface area contributed by atoms with E-state index in [-0.39, 0.29) is 19.6 Å². The molecular formula is C20H42O6S. The lowest BCUT2D eigenvalue weighted by molar-refractivity contribution is -0.344. The van der Waals surface area contributed by atoms with E-state index >= 15 is 0 Å². The van der Waals surface area contributed by atoms with Crippen molar-refractivity contribution in [3.05, 3.63) is 0 Å². The highest BCUT2D eigenvalue weighted by Gasteiger charge is 2.37. The van der Waals surface area contributed by atoms with Crippen LogP contribution in [0.3, 0.4) is 0 Å². The molecule has 0 saturated heterocycles. The Morgan fingerprint density at radius 1 is 0.667 bits per heavy atom. The second-order valence-electron chi connectivity index (χ2n) is 7.05. The lowest BCUT2D eigenvalue weighted by atomic mass is 10.0. The normalized spacial score (nSPS) is 12.6. The van der Waals surface area contributed by atoms with Gasteiger partial charge in [-0.3, -0.25) is 4.55 Å². The molecule has 0 aromatic rings. The third-order valence-corrected chi connectivity index (χ3v) is 5.01. The highest BCUT2D eigenvalue weighted by Crippen LogP contribution is 2.26. The molecule has 0 heterocycles. The number of rotatable bonds is 20. The molecule has 0 aliphatic heterocycles. The molecule has 0 amide bonds. The summed E-state index contributed by atoms with van der Waals surface area (Å²) in [5.74, 6) is -1.71. The predicted molar refractivity (Wildman–Crippen MR) is 109 cm³/mol. The molecule has 7 heteroatoms. The summed E-state index contributed by atoms with van der Waals surface area (Å²) < 4.78 is 46.6. The van der Waals surface area contributed by atoms with Gasteiger partial charge in [0.25, 0.3) is 0 Å². The van der Waals surface area contributed by atoms with Crippen molar-refractivity contribution in [1.29, 1.82) is 0 Å². The first-order chi connectivity index (χ1) is 12.9. The fourth-order valence-electron chi connectivity index (χ4n) is 3.24. The van der Waals surface area contributed by atoms with Crippen molar-refractivity contribution >= 4 is 10.4 Å². The van der Waals surface area contributed by atoms with Gasteiger partial charge in [-0.15, -0.1) is 0 Å². The minimum absolute atomic E-state index is 0.230. The zero-order valence-corrected chi connectivity index (χ0v) is 18.5. The van der Waals surface area contributed by atoms with Gasteiger partial charge in [-0.05, 0) is 20.3 Å². The molecule has 27 heavy (non-hydrogen) atoms. The Morgan fingerprint density at radius 3 is 1.37 bits per heavy atom. The molecule has 0 saturated carbocycles.